The third-order valence-electron chi connectivity index (χ3n) is 2.30. The smallest absolute Gasteiger partial charge is 0.266 e. The highest BCUT2D eigenvalue weighted by atomic mass is 35.5. The summed E-state index contributed by atoms with van der Waals surface area (Å²) in [6.07, 6.45) is 1.17. The number of hydrogen-bond acceptors (Lipinski definition) is 2. The van der Waals surface area contributed by atoms with Crippen molar-refractivity contribution in [2.24, 2.45) is 0 Å². The Morgan fingerprint density at radius 2 is 1.95 bits per heavy atom. The molecule has 1 aromatic carbocycles. The van der Waals surface area contributed by atoms with Crippen molar-refractivity contribution in [2.45, 2.75) is 0 Å². The van der Waals surface area contributed by atoms with E-state index >= 15 is 0 Å². The molecule has 0 radical (unpaired) electrons. The Labute approximate surface area is 111 Å². The van der Waals surface area contributed by atoms with Crippen LogP contribution in [0.15, 0.2) is 35.3 Å². The summed E-state index contributed by atoms with van der Waals surface area (Å²) in [7, 11) is 0. The number of carbonyl (C=O) groups is 1. The lowest BCUT2D eigenvalue weighted by Gasteiger charge is -2.05. The SMILES string of the molecule is O=C(Nc1ccc(F)c(F)c1)c1c[nH]c(=O)c(Cl)c1. The number of pyridine rings is 1. The van der Waals surface area contributed by atoms with E-state index in [0.717, 1.165) is 12.1 Å². The Bertz CT molecular complexity index is 700. The molecule has 0 aliphatic heterocycles. The average Bonchev–Trinajstić information content (AvgIpc) is 2.37. The van der Waals surface area contributed by atoms with E-state index in [-0.39, 0.29) is 16.3 Å². The minimum atomic E-state index is -1.07. The summed E-state index contributed by atoms with van der Waals surface area (Å²) in [5.74, 6) is -2.69. The van der Waals surface area contributed by atoms with Crippen LogP contribution in [-0.2, 0) is 0 Å². The van der Waals surface area contributed by atoms with Crippen molar-refractivity contribution in [3.05, 3.63) is 63.0 Å². The van der Waals surface area contributed by atoms with Gasteiger partial charge in [0.2, 0.25) is 0 Å². The maximum atomic E-state index is 13.0. The van der Waals surface area contributed by atoms with Gasteiger partial charge in [-0.25, -0.2) is 8.78 Å². The third-order valence-corrected chi connectivity index (χ3v) is 2.58. The number of anilines is 1. The Hall–Kier alpha value is -2.21. The second-order valence-electron chi connectivity index (χ2n) is 3.65. The fourth-order valence-corrected chi connectivity index (χ4v) is 1.54. The third kappa shape index (κ3) is 2.97. The minimum absolute atomic E-state index is 0.0891. The number of amides is 1. The standard InChI is InChI=1S/C12H7ClF2N2O2/c13-8-3-6(5-16-12(8)19)11(18)17-7-1-2-9(14)10(15)4-7/h1-5H,(H,16,19)(H,17,18). The van der Waals surface area contributed by atoms with Gasteiger partial charge < -0.3 is 10.3 Å². The number of aromatic nitrogens is 1. The number of benzene rings is 1. The second kappa shape index (κ2) is 5.19. The second-order valence-corrected chi connectivity index (χ2v) is 4.06. The predicted molar refractivity (Wildman–Crippen MR) is 66.4 cm³/mol. The summed E-state index contributed by atoms with van der Waals surface area (Å²) in [5, 5.41) is 2.21. The van der Waals surface area contributed by atoms with Crippen molar-refractivity contribution >= 4 is 23.2 Å². The molecule has 0 unspecified atom stereocenters. The molecule has 0 saturated carbocycles. The molecule has 1 aromatic heterocycles. The first-order valence-electron chi connectivity index (χ1n) is 5.12. The Morgan fingerprint density at radius 3 is 2.58 bits per heavy atom. The van der Waals surface area contributed by atoms with Crippen LogP contribution < -0.4 is 10.9 Å². The number of hydrogen-bond donors (Lipinski definition) is 2. The summed E-state index contributed by atoms with van der Waals surface area (Å²) in [6, 6.07) is 4.13. The van der Waals surface area contributed by atoms with Crippen LogP contribution in [0, 0.1) is 11.6 Å². The molecule has 0 atom stereocenters. The molecule has 0 spiro atoms. The van der Waals surface area contributed by atoms with Crippen LogP contribution in [-0.4, -0.2) is 10.9 Å². The summed E-state index contributed by atoms with van der Waals surface area (Å²) >= 11 is 5.57. The molecule has 0 saturated heterocycles. The van der Waals surface area contributed by atoms with E-state index in [1.54, 1.807) is 0 Å². The van der Waals surface area contributed by atoms with Crippen LogP contribution in [0.4, 0.5) is 14.5 Å². The van der Waals surface area contributed by atoms with Crippen LogP contribution in [0.2, 0.25) is 5.02 Å². The summed E-state index contributed by atoms with van der Waals surface area (Å²) in [6.45, 7) is 0. The highest BCUT2D eigenvalue weighted by Gasteiger charge is 2.10. The van der Waals surface area contributed by atoms with Crippen molar-refractivity contribution in [1.29, 1.82) is 0 Å². The molecule has 0 fully saturated rings. The predicted octanol–water partition coefficient (Wildman–Crippen LogP) is 2.56. The molecule has 2 aromatic rings. The normalized spacial score (nSPS) is 10.3. The highest BCUT2D eigenvalue weighted by Crippen LogP contribution is 2.14. The topological polar surface area (TPSA) is 62.0 Å². The van der Waals surface area contributed by atoms with E-state index in [9.17, 15) is 18.4 Å². The first-order chi connectivity index (χ1) is 8.97. The lowest BCUT2D eigenvalue weighted by Crippen LogP contribution is -2.15. The first-order valence-corrected chi connectivity index (χ1v) is 5.50. The zero-order valence-corrected chi connectivity index (χ0v) is 10.1. The zero-order valence-electron chi connectivity index (χ0n) is 9.34. The van der Waals surface area contributed by atoms with Crippen LogP contribution in [0.25, 0.3) is 0 Å². The Balaban J connectivity index is 2.22. The van der Waals surface area contributed by atoms with E-state index in [1.807, 2.05) is 0 Å². The van der Waals surface area contributed by atoms with Crippen LogP contribution in [0.1, 0.15) is 10.4 Å². The number of carbonyl (C=O) groups excluding carboxylic acids is 1. The number of aromatic amines is 1. The summed E-state index contributed by atoms with van der Waals surface area (Å²) in [5.41, 5.74) is -0.341. The van der Waals surface area contributed by atoms with Crippen LogP contribution in [0.3, 0.4) is 0 Å². The van der Waals surface area contributed by atoms with Gasteiger partial charge in [0.1, 0.15) is 5.02 Å². The van der Waals surface area contributed by atoms with Gasteiger partial charge in [0.15, 0.2) is 11.6 Å². The molecular weight excluding hydrogens is 278 g/mol. The van der Waals surface area contributed by atoms with E-state index in [1.165, 1.54) is 18.3 Å². The Morgan fingerprint density at radius 1 is 1.21 bits per heavy atom. The fraction of sp³-hybridized carbons (Fsp3) is 0. The van der Waals surface area contributed by atoms with E-state index < -0.39 is 23.1 Å². The number of halogens is 3. The molecule has 0 aliphatic carbocycles. The summed E-state index contributed by atoms with van der Waals surface area (Å²) < 4.78 is 25.7. The summed E-state index contributed by atoms with van der Waals surface area (Å²) in [4.78, 5) is 25.1. The molecule has 0 bridgehead atoms. The van der Waals surface area contributed by atoms with E-state index in [4.69, 9.17) is 11.6 Å². The quantitative estimate of drug-likeness (QED) is 0.890. The maximum absolute atomic E-state index is 13.0. The fourth-order valence-electron chi connectivity index (χ4n) is 1.36. The molecular formula is C12H7ClF2N2O2. The van der Waals surface area contributed by atoms with Gasteiger partial charge in [-0.2, -0.15) is 0 Å². The van der Waals surface area contributed by atoms with Crippen molar-refractivity contribution in [3.63, 3.8) is 0 Å². The largest absolute Gasteiger partial charge is 0.327 e. The zero-order chi connectivity index (χ0) is 14.0. The molecule has 2 rings (SSSR count). The highest BCUT2D eigenvalue weighted by molar-refractivity contribution is 6.30. The van der Waals surface area contributed by atoms with Gasteiger partial charge in [-0.3, -0.25) is 9.59 Å². The number of H-pyrrole nitrogens is 1. The molecule has 4 nitrogen and oxygen atoms in total. The van der Waals surface area contributed by atoms with Crippen molar-refractivity contribution < 1.29 is 13.6 Å². The van der Waals surface area contributed by atoms with Gasteiger partial charge in [-0.1, -0.05) is 11.6 Å². The van der Waals surface area contributed by atoms with Gasteiger partial charge in [0.25, 0.3) is 11.5 Å². The molecule has 98 valence electrons. The van der Waals surface area contributed by atoms with Gasteiger partial charge in [-0.15, -0.1) is 0 Å². The molecule has 19 heavy (non-hydrogen) atoms. The lowest BCUT2D eigenvalue weighted by molar-refractivity contribution is 0.102. The van der Waals surface area contributed by atoms with Gasteiger partial charge in [-0.05, 0) is 18.2 Å². The van der Waals surface area contributed by atoms with Crippen molar-refractivity contribution in [3.8, 4) is 0 Å². The molecule has 7 heteroatoms. The average molecular weight is 285 g/mol. The van der Waals surface area contributed by atoms with Crippen molar-refractivity contribution in [1.82, 2.24) is 4.98 Å². The lowest BCUT2D eigenvalue weighted by atomic mass is 10.2. The first kappa shape index (κ1) is 13.2. The van der Waals surface area contributed by atoms with Crippen molar-refractivity contribution in [2.75, 3.05) is 5.32 Å². The molecule has 2 N–H and O–H groups in total. The molecule has 1 heterocycles. The van der Waals surface area contributed by atoms with Crippen LogP contribution in [0.5, 0.6) is 0 Å². The number of nitrogens with one attached hydrogen (secondary N) is 2. The Kier molecular flexibility index (Phi) is 3.62. The minimum Gasteiger partial charge on any atom is -0.327 e. The monoisotopic (exact) mass is 284 g/mol. The molecule has 1 amide bonds. The van der Waals surface area contributed by atoms with Gasteiger partial charge >= 0.3 is 0 Å². The van der Waals surface area contributed by atoms with Crippen LogP contribution >= 0.6 is 11.6 Å². The number of rotatable bonds is 2. The van der Waals surface area contributed by atoms with Gasteiger partial charge in [0, 0.05) is 18.0 Å². The van der Waals surface area contributed by atoms with Gasteiger partial charge in [0.05, 0.1) is 5.56 Å². The maximum Gasteiger partial charge on any atom is 0.266 e. The van der Waals surface area contributed by atoms with E-state index in [2.05, 4.69) is 10.3 Å². The van der Waals surface area contributed by atoms with E-state index in [0.29, 0.717) is 0 Å². The molecule has 0 aliphatic rings.